The van der Waals surface area contributed by atoms with Crippen LogP contribution in [0.25, 0.3) is 5.69 Å². The van der Waals surface area contributed by atoms with Gasteiger partial charge in [0.15, 0.2) is 0 Å². The van der Waals surface area contributed by atoms with Gasteiger partial charge in [0.2, 0.25) is 0 Å². The van der Waals surface area contributed by atoms with Crippen LogP contribution in [-0.2, 0) is 6.54 Å². The van der Waals surface area contributed by atoms with Crippen LogP contribution < -0.4 is 10.5 Å². The van der Waals surface area contributed by atoms with Gasteiger partial charge in [-0.15, -0.1) is 0 Å². The highest BCUT2D eigenvalue weighted by molar-refractivity contribution is 6.33. The molecule has 0 fully saturated rings. The minimum atomic E-state index is -0.416. The molecule has 0 spiro atoms. The number of halogens is 2. The molecule has 122 valence electrons. The van der Waals surface area contributed by atoms with Gasteiger partial charge in [0, 0.05) is 19.2 Å². The third kappa shape index (κ3) is 3.16. The molecular formula is C18H15ClFN3O. The van der Waals surface area contributed by atoms with E-state index in [2.05, 4.69) is 5.10 Å². The van der Waals surface area contributed by atoms with Crippen LogP contribution in [0.5, 0.6) is 0 Å². The lowest BCUT2D eigenvalue weighted by Gasteiger charge is -2.20. The number of rotatable bonds is 4. The summed E-state index contributed by atoms with van der Waals surface area (Å²) in [4.78, 5) is 14.2. The van der Waals surface area contributed by atoms with Crippen molar-refractivity contribution in [3.05, 3.63) is 87.6 Å². The first kappa shape index (κ1) is 16.2. The normalized spacial score (nSPS) is 10.6. The molecule has 0 aliphatic rings. The molecule has 3 rings (SSSR count). The van der Waals surface area contributed by atoms with Gasteiger partial charge in [-0.25, -0.2) is 4.39 Å². The Hall–Kier alpha value is -2.66. The van der Waals surface area contributed by atoms with Crippen LogP contribution in [0, 0.1) is 5.82 Å². The number of nitrogens with zero attached hydrogens (tertiary/aromatic N) is 3. The Labute approximate surface area is 143 Å². The molecule has 4 nitrogen and oxygen atoms in total. The lowest BCUT2D eigenvalue weighted by atomic mass is 10.2. The molecule has 0 atom stereocenters. The maximum atomic E-state index is 13.8. The minimum Gasteiger partial charge on any atom is -0.367 e. The average Bonchev–Trinajstić information content (AvgIpc) is 2.60. The van der Waals surface area contributed by atoms with Crippen molar-refractivity contribution in [3.63, 3.8) is 0 Å². The van der Waals surface area contributed by atoms with E-state index in [0.29, 0.717) is 16.9 Å². The first-order valence-corrected chi connectivity index (χ1v) is 7.73. The summed E-state index contributed by atoms with van der Waals surface area (Å²) < 4.78 is 15.0. The third-order valence-corrected chi connectivity index (χ3v) is 4.03. The molecule has 0 saturated carbocycles. The lowest BCUT2D eigenvalue weighted by molar-refractivity contribution is 0.607. The zero-order valence-corrected chi connectivity index (χ0v) is 13.7. The van der Waals surface area contributed by atoms with Crippen molar-refractivity contribution in [2.75, 3.05) is 11.9 Å². The van der Waals surface area contributed by atoms with Crippen LogP contribution in [0.3, 0.4) is 0 Å². The van der Waals surface area contributed by atoms with E-state index in [9.17, 15) is 9.18 Å². The van der Waals surface area contributed by atoms with Crippen LogP contribution in [0.1, 0.15) is 5.56 Å². The van der Waals surface area contributed by atoms with Gasteiger partial charge in [0.1, 0.15) is 10.8 Å². The van der Waals surface area contributed by atoms with Gasteiger partial charge in [0.25, 0.3) is 5.56 Å². The van der Waals surface area contributed by atoms with Gasteiger partial charge >= 0.3 is 0 Å². The minimum absolute atomic E-state index is 0.0488. The Morgan fingerprint density at radius 1 is 1.12 bits per heavy atom. The lowest BCUT2D eigenvalue weighted by Crippen LogP contribution is -2.26. The first-order chi connectivity index (χ1) is 11.6. The first-order valence-electron chi connectivity index (χ1n) is 7.35. The Morgan fingerprint density at radius 3 is 2.50 bits per heavy atom. The number of para-hydroxylation sites is 1. The second-order valence-electron chi connectivity index (χ2n) is 5.34. The second-order valence-corrected chi connectivity index (χ2v) is 5.72. The summed E-state index contributed by atoms with van der Waals surface area (Å²) in [6, 6.07) is 15.5. The van der Waals surface area contributed by atoms with Crippen molar-refractivity contribution in [1.29, 1.82) is 0 Å². The molecule has 0 aliphatic carbocycles. The van der Waals surface area contributed by atoms with Crippen LogP contribution in [0.4, 0.5) is 10.1 Å². The fourth-order valence-corrected chi connectivity index (χ4v) is 2.68. The highest BCUT2D eigenvalue weighted by Gasteiger charge is 2.15. The smallest absolute Gasteiger partial charge is 0.292 e. The Bertz CT molecular complexity index is 912. The van der Waals surface area contributed by atoms with Gasteiger partial charge in [0.05, 0.1) is 17.6 Å². The van der Waals surface area contributed by atoms with Crippen molar-refractivity contribution in [2.24, 2.45) is 0 Å². The Kier molecular flexibility index (Phi) is 4.62. The molecule has 1 aromatic heterocycles. The van der Waals surface area contributed by atoms with E-state index in [1.165, 1.54) is 16.9 Å². The van der Waals surface area contributed by atoms with Gasteiger partial charge in [-0.3, -0.25) is 4.79 Å². The van der Waals surface area contributed by atoms with Crippen LogP contribution >= 0.6 is 11.6 Å². The molecule has 0 unspecified atom stereocenters. The van der Waals surface area contributed by atoms with Crippen molar-refractivity contribution < 1.29 is 4.39 Å². The summed E-state index contributed by atoms with van der Waals surface area (Å²) in [5.41, 5.74) is 1.19. The number of anilines is 1. The largest absolute Gasteiger partial charge is 0.367 e. The molecule has 6 heteroatoms. The second kappa shape index (κ2) is 6.84. The summed E-state index contributed by atoms with van der Waals surface area (Å²) in [6.45, 7) is 0.281. The average molecular weight is 344 g/mol. The topological polar surface area (TPSA) is 38.1 Å². The number of benzene rings is 2. The third-order valence-electron chi connectivity index (χ3n) is 3.68. The van der Waals surface area contributed by atoms with E-state index in [-0.39, 0.29) is 17.4 Å². The SMILES string of the molecule is CN(Cc1ccccc1F)c1cnn(-c2ccccc2)c(=O)c1Cl. The summed E-state index contributed by atoms with van der Waals surface area (Å²) in [6.07, 6.45) is 1.51. The zero-order chi connectivity index (χ0) is 17.1. The van der Waals surface area contributed by atoms with Crippen LogP contribution in [0.2, 0.25) is 5.02 Å². The molecular weight excluding hydrogens is 329 g/mol. The molecule has 0 radical (unpaired) electrons. The fourth-order valence-electron chi connectivity index (χ4n) is 2.41. The van der Waals surface area contributed by atoms with Gasteiger partial charge in [-0.1, -0.05) is 48.0 Å². The molecule has 1 heterocycles. The summed E-state index contributed by atoms with van der Waals surface area (Å²) >= 11 is 6.24. The maximum absolute atomic E-state index is 13.8. The molecule has 0 N–H and O–H groups in total. The van der Waals surface area contributed by atoms with E-state index < -0.39 is 5.56 Å². The van der Waals surface area contributed by atoms with Crippen molar-refractivity contribution in [3.8, 4) is 5.69 Å². The molecule has 3 aromatic rings. The van der Waals surface area contributed by atoms with E-state index in [0.717, 1.165) is 0 Å². The van der Waals surface area contributed by atoms with Crippen LogP contribution in [0.15, 0.2) is 65.6 Å². The summed E-state index contributed by atoms with van der Waals surface area (Å²) in [5.74, 6) is -0.300. The molecule has 24 heavy (non-hydrogen) atoms. The fraction of sp³-hybridized carbons (Fsp3) is 0.111. The van der Waals surface area contributed by atoms with E-state index in [4.69, 9.17) is 11.6 Å². The summed E-state index contributed by atoms with van der Waals surface area (Å²) in [5, 5.41) is 4.23. The molecule has 0 bridgehead atoms. The molecule has 2 aromatic carbocycles. The van der Waals surface area contributed by atoms with Crippen molar-refractivity contribution in [2.45, 2.75) is 6.54 Å². The van der Waals surface area contributed by atoms with Crippen molar-refractivity contribution in [1.82, 2.24) is 9.78 Å². The summed E-state index contributed by atoms with van der Waals surface area (Å²) in [7, 11) is 1.74. The molecule has 0 saturated heterocycles. The van der Waals surface area contributed by atoms with Gasteiger partial charge < -0.3 is 4.90 Å². The van der Waals surface area contributed by atoms with Crippen molar-refractivity contribution >= 4 is 17.3 Å². The number of hydrogen-bond donors (Lipinski definition) is 0. The number of hydrogen-bond acceptors (Lipinski definition) is 3. The highest BCUT2D eigenvalue weighted by atomic mass is 35.5. The Balaban J connectivity index is 1.94. The quantitative estimate of drug-likeness (QED) is 0.725. The van der Waals surface area contributed by atoms with Crippen LogP contribution in [-0.4, -0.2) is 16.8 Å². The molecule has 0 amide bonds. The number of aromatic nitrogens is 2. The standard InChI is InChI=1S/C18H15ClFN3O/c1-22(12-13-7-5-6-10-15(13)20)16-11-21-23(18(24)17(16)19)14-8-3-2-4-9-14/h2-11H,12H2,1H3. The van der Waals surface area contributed by atoms with E-state index in [1.807, 2.05) is 18.2 Å². The van der Waals surface area contributed by atoms with E-state index >= 15 is 0 Å². The maximum Gasteiger partial charge on any atom is 0.292 e. The Morgan fingerprint density at radius 2 is 1.79 bits per heavy atom. The predicted octanol–water partition coefficient (Wildman–Crippen LogP) is 3.66. The van der Waals surface area contributed by atoms with Gasteiger partial charge in [-0.05, 0) is 18.2 Å². The van der Waals surface area contributed by atoms with E-state index in [1.54, 1.807) is 42.3 Å². The monoisotopic (exact) mass is 343 g/mol. The molecule has 0 aliphatic heterocycles. The predicted molar refractivity (Wildman–Crippen MR) is 93.4 cm³/mol. The highest BCUT2D eigenvalue weighted by Crippen LogP contribution is 2.22. The van der Waals surface area contributed by atoms with Gasteiger partial charge in [-0.2, -0.15) is 9.78 Å². The zero-order valence-electron chi connectivity index (χ0n) is 13.0.